The average Bonchev–Trinajstić information content (AvgIpc) is 2.93. The van der Waals surface area contributed by atoms with E-state index in [1.807, 2.05) is 0 Å². The molecule has 5 nitrogen and oxygen atoms in total. The highest BCUT2D eigenvalue weighted by molar-refractivity contribution is 7.99. The smallest absolute Gasteiger partial charge is 0.316 e. The van der Waals surface area contributed by atoms with Gasteiger partial charge in [0.2, 0.25) is 5.89 Å². The van der Waals surface area contributed by atoms with Gasteiger partial charge in [-0.05, 0) is 17.5 Å². The van der Waals surface area contributed by atoms with Crippen LogP contribution in [0.25, 0.3) is 0 Å². The minimum absolute atomic E-state index is 0.170. The van der Waals surface area contributed by atoms with Gasteiger partial charge in [-0.1, -0.05) is 43.0 Å². The molecular weight excluding hydrogens is 276 g/mol. The van der Waals surface area contributed by atoms with E-state index >= 15 is 0 Å². The molecule has 0 aliphatic heterocycles. The Bertz CT molecular complexity index is 566. The first-order valence-electron chi connectivity index (χ1n) is 6.31. The van der Waals surface area contributed by atoms with Gasteiger partial charge in [0, 0.05) is 0 Å². The number of rotatable bonds is 6. The van der Waals surface area contributed by atoms with Crippen molar-refractivity contribution in [1.29, 1.82) is 0 Å². The van der Waals surface area contributed by atoms with Crippen molar-refractivity contribution in [2.75, 3.05) is 12.9 Å². The van der Waals surface area contributed by atoms with Gasteiger partial charge < -0.3 is 9.15 Å². The maximum absolute atomic E-state index is 11.0. The molecule has 106 valence electrons. The van der Waals surface area contributed by atoms with Crippen LogP contribution in [-0.4, -0.2) is 29.0 Å². The number of carbonyl (C=O) groups is 1. The standard InChI is InChI=1S/C14H16N2O3S/c1-3-10-4-6-11(7-5-10)8-12-15-16-14(19-12)20-9-13(17)18-2/h4-7H,3,8-9H2,1-2H3. The summed E-state index contributed by atoms with van der Waals surface area (Å²) >= 11 is 1.18. The first-order valence-corrected chi connectivity index (χ1v) is 7.29. The summed E-state index contributed by atoms with van der Waals surface area (Å²) in [6.07, 6.45) is 1.62. The molecule has 0 unspecified atom stereocenters. The molecule has 1 aromatic carbocycles. The van der Waals surface area contributed by atoms with E-state index in [2.05, 4.69) is 46.1 Å². The summed E-state index contributed by atoms with van der Waals surface area (Å²) in [6.45, 7) is 2.12. The van der Waals surface area contributed by atoms with Crippen molar-refractivity contribution in [3.05, 3.63) is 41.3 Å². The lowest BCUT2D eigenvalue weighted by atomic mass is 10.1. The van der Waals surface area contributed by atoms with Crippen LogP contribution in [0.15, 0.2) is 33.9 Å². The monoisotopic (exact) mass is 292 g/mol. The maximum atomic E-state index is 11.0. The molecule has 0 atom stereocenters. The Morgan fingerprint density at radius 1 is 1.25 bits per heavy atom. The molecule has 0 bridgehead atoms. The molecule has 0 spiro atoms. The number of benzene rings is 1. The van der Waals surface area contributed by atoms with Crippen molar-refractivity contribution in [3.63, 3.8) is 0 Å². The van der Waals surface area contributed by atoms with Gasteiger partial charge in [0.1, 0.15) is 5.75 Å². The summed E-state index contributed by atoms with van der Waals surface area (Å²) in [5.74, 6) is 0.398. The number of hydrogen-bond donors (Lipinski definition) is 0. The number of nitrogens with zero attached hydrogens (tertiary/aromatic N) is 2. The lowest BCUT2D eigenvalue weighted by Gasteiger charge is -1.99. The number of ether oxygens (including phenoxy) is 1. The quantitative estimate of drug-likeness (QED) is 0.602. The molecule has 0 amide bonds. The normalized spacial score (nSPS) is 10.5. The number of hydrogen-bond acceptors (Lipinski definition) is 6. The summed E-state index contributed by atoms with van der Waals surface area (Å²) in [7, 11) is 1.35. The fraction of sp³-hybridized carbons (Fsp3) is 0.357. The molecular formula is C14H16N2O3S. The number of aryl methyl sites for hydroxylation is 1. The number of methoxy groups -OCH3 is 1. The molecule has 2 rings (SSSR count). The van der Waals surface area contributed by atoms with Crippen LogP contribution >= 0.6 is 11.8 Å². The third-order valence-corrected chi connectivity index (χ3v) is 3.57. The van der Waals surface area contributed by atoms with Crippen LogP contribution in [0.1, 0.15) is 23.9 Å². The van der Waals surface area contributed by atoms with E-state index in [0.717, 1.165) is 12.0 Å². The van der Waals surface area contributed by atoms with Gasteiger partial charge in [-0.25, -0.2) is 0 Å². The second kappa shape index (κ2) is 7.09. The Kier molecular flexibility index (Phi) is 5.17. The molecule has 0 radical (unpaired) electrons. The van der Waals surface area contributed by atoms with E-state index in [1.54, 1.807) is 0 Å². The second-order valence-corrected chi connectivity index (χ2v) is 5.10. The summed E-state index contributed by atoms with van der Waals surface area (Å²) in [6, 6.07) is 8.31. The predicted octanol–water partition coefficient (Wildman–Crippen LogP) is 2.49. The highest BCUT2D eigenvalue weighted by atomic mass is 32.2. The molecule has 0 N–H and O–H groups in total. The molecule has 1 aromatic heterocycles. The second-order valence-electron chi connectivity index (χ2n) is 4.17. The first-order chi connectivity index (χ1) is 9.71. The lowest BCUT2D eigenvalue weighted by Crippen LogP contribution is -2.02. The van der Waals surface area contributed by atoms with Crippen LogP contribution in [-0.2, 0) is 22.4 Å². The van der Waals surface area contributed by atoms with Gasteiger partial charge in [-0.15, -0.1) is 10.2 Å². The number of thioether (sulfide) groups is 1. The first kappa shape index (κ1) is 14.6. The minimum Gasteiger partial charge on any atom is -0.468 e. The van der Waals surface area contributed by atoms with Crippen molar-refractivity contribution >= 4 is 17.7 Å². The molecule has 0 aliphatic rings. The Balaban J connectivity index is 1.93. The van der Waals surface area contributed by atoms with Crippen molar-refractivity contribution in [2.24, 2.45) is 0 Å². The Morgan fingerprint density at radius 3 is 2.60 bits per heavy atom. The van der Waals surface area contributed by atoms with Gasteiger partial charge in [0.15, 0.2) is 0 Å². The van der Waals surface area contributed by atoms with Gasteiger partial charge in [-0.2, -0.15) is 0 Å². The summed E-state index contributed by atoms with van der Waals surface area (Å²) in [5, 5.41) is 8.24. The molecule has 0 aliphatic carbocycles. The van der Waals surface area contributed by atoms with Crippen molar-refractivity contribution in [1.82, 2.24) is 10.2 Å². The van der Waals surface area contributed by atoms with Crippen LogP contribution in [0.5, 0.6) is 0 Å². The summed E-state index contributed by atoms with van der Waals surface area (Å²) in [5.41, 5.74) is 2.42. The van der Waals surface area contributed by atoms with E-state index in [0.29, 0.717) is 17.5 Å². The van der Waals surface area contributed by atoms with Gasteiger partial charge >= 0.3 is 5.97 Å². The highest BCUT2D eigenvalue weighted by Crippen LogP contribution is 2.18. The van der Waals surface area contributed by atoms with E-state index in [-0.39, 0.29) is 11.7 Å². The lowest BCUT2D eigenvalue weighted by molar-refractivity contribution is -0.137. The summed E-state index contributed by atoms with van der Waals surface area (Å²) in [4.78, 5) is 11.0. The topological polar surface area (TPSA) is 65.2 Å². The highest BCUT2D eigenvalue weighted by Gasteiger charge is 2.10. The zero-order chi connectivity index (χ0) is 14.4. The number of aromatic nitrogens is 2. The third kappa shape index (κ3) is 4.09. The van der Waals surface area contributed by atoms with Crippen molar-refractivity contribution < 1.29 is 13.9 Å². The largest absolute Gasteiger partial charge is 0.468 e. The van der Waals surface area contributed by atoms with Crippen molar-refractivity contribution in [2.45, 2.75) is 25.0 Å². The van der Waals surface area contributed by atoms with Gasteiger partial charge in [0.25, 0.3) is 5.22 Å². The molecule has 6 heteroatoms. The van der Waals surface area contributed by atoms with Crippen LogP contribution in [0, 0.1) is 0 Å². The fourth-order valence-electron chi connectivity index (χ4n) is 1.61. The number of carbonyl (C=O) groups excluding carboxylic acids is 1. The minimum atomic E-state index is -0.315. The third-order valence-electron chi connectivity index (χ3n) is 2.78. The maximum Gasteiger partial charge on any atom is 0.316 e. The number of esters is 1. The van der Waals surface area contributed by atoms with Crippen LogP contribution < -0.4 is 0 Å². The molecule has 0 saturated heterocycles. The van der Waals surface area contributed by atoms with Crippen LogP contribution in [0.3, 0.4) is 0 Å². The van der Waals surface area contributed by atoms with Crippen LogP contribution in [0.2, 0.25) is 0 Å². The molecule has 20 heavy (non-hydrogen) atoms. The average molecular weight is 292 g/mol. The fourth-order valence-corrected chi connectivity index (χ4v) is 2.23. The molecule has 1 heterocycles. The summed E-state index contributed by atoms with van der Waals surface area (Å²) < 4.78 is 10.0. The van der Waals surface area contributed by atoms with E-state index in [9.17, 15) is 4.79 Å². The van der Waals surface area contributed by atoms with E-state index in [1.165, 1.54) is 24.4 Å². The predicted molar refractivity (Wildman–Crippen MR) is 75.7 cm³/mol. The van der Waals surface area contributed by atoms with Crippen LogP contribution in [0.4, 0.5) is 0 Å². The Hall–Kier alpha value is -1.82. The zero-order valence-electron chi connectivity index (χ0n) is 11.5. The molecule has 0 saturated carbocycles. The van der Waals surface area contributed by atoms with Crippen molar-refractivity contribution in [3.8, 4) is 0 Å². The zero-order valence-corrected chi connectivity index (χ0v) is 12.3. The van der Waals surface area contributed by atoms with E-state index in [4.69, 9.17) is 4.42 Å². The van der Waals surface area contributed by atoms with Gasteiger partial charge in [-0.3, -0.25) is 4.79 Å². The Labute approximate surface area is 121 Å². The molecule has 2 aromatic rings. The van der Waals surface area contributed by atoms with E-state index < -0.39 is 0 Å². The molecule has 0 fully saturated rings. The van der Waals surface area contributed by atoms with Gasteiger partial charge in [0.05, 0.1) is 13.5 Å². The SMILES string of the molecule is CCc1ccc(Cc2nnc(SCC(=O)OC)o2)cc1. The Morgan fingerprint density at radius 2 is 1.95 bits per heavy atom.